The third-order valence-corrected chi connectivity index (χ3v) is 5.13. The number of hydrogen-bond donors (Lipinski definition) is 0. The van der Waals surface area contributed by atoms with Gasteiger partial charge in [0, 0.05) is 24.7 Å². The number of rotatable bonds is 2. The number of carbonyl (C=O) groups excluding carboxylic acids is 1. The Balaban J connectivity index is 1.77. The van der Waals surface area contributed by atoms with Crippen LogP contribution < -0.4 is 0 Å². The van der Waals surface area contributed by atoms with E-state index in [4.69, 9.17) is 4.74 Å². The van der Waals surface area contributed by atoms with Gasteiger partial charge in [-0.25, -0.2) is 4.79 Å². The molecule has 1 aromatic rings. The molecular weight excluding hydrogens is 302 g/mol. The van der Waals surface area contributed by atoms with Crippen LogP contribution in [0.2, 0.25) is 0 Å². The van der Waals surface area contributed by atoms with Gasteiger partial charge in [-0.2, -0.15) is 5.10 Å². The van der Waals surface area contributed by atoms with Gasteiger partial charge in [-0.3, -0.25) is 4.68 Å². The Morgan fingerprint density at radius 1 is 1.29 bits per heavy atom. The first kappa shape index (κ1) is 17.3. The Morgan fingerprint density at radius 3 is 2.50 bits per heavy atom. The van der Waals surface area contributed by atoms with Crippen molar-refractivity contribution in [2.24, 2.45) is 5.41 Å². The predicted octanol–water partition coefficient (Wildman–Crippen LogP) is 4.28. The molecule has 1 aliphatic carbocycles. The summed E-state index contributed by atoms with van der Waals surface area (Å²) >= 11 is 0. The molecule has 0 N–H and O–H groups in total. The van der Waals surface area contributed by atoms with Crippen LogP contribution in [0.4, 0.5) is 4.79 Å². The highest BCUT2D eigenvalue weighted by Gasteiger charge is 2.42. The Kier molecular flexibility index (Phi) is 4.17. The van der Waals surface area contributed by atoms with Crippen molar-refractivity contribution >= 4 is 6.09 Å². The molecule has 5 nitrogen and oxygen atoms in total. The maximum atomic E-state index is 12.4. The predicted molar refractivity (Wildman–Crippen MR) is 94.2 cm³/mol. The van der Waals surface area contributed by atoms with E-state index in [-0.39, 0.29) is 11.5 Å². The molecule has 2 aliphatic rings. The van der Waals surface area contributed by atoms with Crippen LogP contribution in [0.3, 0.4) is 0 Å². The molecule has 1 amide bonds. The fraction of sp³-hybridized carbons (Fsp3) is 0.789. The normalized spacial score (nSPS) is 24.1. The molecule has 1 saturated heterocycles. The number of ether oxygens (including phenoxy) is 1. The van der Waals surface area contributed by atoms with E-state index in [9.17, 15) is 4.79 Å². The summed E-state index contributed by atoms with van der Waals surface area (Å²) in [5.41, 5.74) is 2.23. The molecule has 0 aromatic carbocycles. The van der Waals surface area contributed by atoms with Crippen LogP contribution in [-0.2, 0) is 4.74 Å². The van der Waals surface area contributed by atoms with Crippen LogP contribution in [0.15, 0.2) is 6.20 Å². The Morgan fingerprint density at radius 2 is 1.96 bits per heavy atom. The van der Waals surface area contributed by atoms with Gasteiger partial charge in [-0.15, -0.1) is 0 Å². The van der Waals surface area contributed by atoms with Gasteiger partial charge in [0.05, 0.1) is 12.2 Å². The van der Waals surface area contributed by atoms with E-state index in [1.165, 1.54) is 24.1 Å². The first-order valence-corrected chi connectivity index (χ1v) is 9.10. The summed E-state index contributed by atoms with van der Waals surface area (Å²) < 4.78 is 7.82. The van der Waals surface area contributed by atoms with E-state index in [0.29, 0.717) is 12.0 Å². The Labute approximate surface area is 145 Å². The van der Waals surface area contributed by atoms with E-state index in [1.807, 2.05) is 31.9 Å². The highest BCUT2D eigenvalue weighted by Crippen LogP contribution is 2.46. The van der Waals surface area contributed by atoms with Crippen molar-refractivity contribution in [3.63, 3.8) is 0 Å². The van der Waals surface area contributed by atoms with Crippen LogP contribution >= 0.6 is 0 Å². The average Bonchev–Trinajstić information content (AvgIpc) is 3.20. The lowest BCUT2D eigenvalue weighted by Crippen LogP contribution is -2.49. The van der Waals surface area contributed by atoms with Gasteiger partial charge in [-0.1, -0.05) is 13.8 Å². The third kappa shape index (κ3) is 3.45. The maximum Gasteiger partial charge on any atom is 0.410 e. The summed E-state index contributed by atoms with van der Waals surface area (Å²) in [4.78, 5) is 14.3. The number of piperidine rings is 1. The van der Waals surface area contributed by atoms with Gasteiger partial charge < -0.3 is 9.64 Å². The number of aromatic nitrogens is 2. The van der Waals surface area contributed by atoms with Crippen LogP contribution in [0, 0.1) is 12.3 Å². The summed E-state index contributed by atoms with van der Waals surface area (Å²) in [6.07, 6.45) is 5.26. The second kappa shape index (κ2) is 5.78. The van der Waals surface area contributed by atoms with Crippen LogP contribution in [-0.4, -0.2) is 39.5 Å². The molecule has 3 rings (SSSR count). The van der Waals surface area contributed by atoms with E-state index in [1.54, 1.807) is 0 Å². The topological polar surface area (TPSA) is 47.4 Å². The highest BCUT2D eigenvalue weighted by molar-refractivity contribution is 5.68. The summed E-state index contributed by atoms with van der Waals surface area (Å²) in [6.45, 7) is 13.9. The molecule has 0 spiro atoms. The lowest BCUT2D eigenvalue weighted by molar-refractivity contribution is 0.00411. The average molecular weight is 333 g/mol. The SMILES string of the molecule is Cc1cnn(C2CC2)c1C1CCN(C(=O)OC(C)(C)C)CC1(C)C. The van der Waals surface area contributed by atoms with E-state index >= 15 is 0 Å². The van der Waals surface area contributed by atoms with E-state index in [0.717, 1.165) is 19.5 Å². The number of amides is 1. The van der Waals surface area contributed by atoms with Crippen LogP contribution in [0.25, 0.3) is 0 Å². The fourth-order valence-corrected chi connectivity index (χ4v) is 3.85. The highest BCUT2D eigenvalue weighted by atomic mass is 16.6. The summed E-state index contributed by atoms with van der Waals surface area (Å²) in [5.74, 6) is 0.430. The molecule has 24 heavy (non-hydrogen) atoms. The van der Waals surface area contributed by atoms with E-state index < -0.39 is 5.60 Å². The van der Waals surface area contributed by atoms with Gasteiger partial charge in [0.15, 0.2) is 0 Å². The van der Waals surface area contributed by atoms with Crippen molar-refractivity contribution in [2.45, 2.75) is 78.4 Å². The summed E-state index contributed by atoms with van der Waals surface area (Å²) in [5, 5.41) is 4.63. The van der Waals surface area contributed by atoms with E-state index in [2.05, 4.69) is 30.6 Å². The van der Waals surface area contributed by atoms with Gasteiger partial charge >= 0.3 is 6.09 Å². The summed E-state index contributed by atoms with van der Waals surface area (Å²) in [6, 6.07) is 0.591. The largest absolute Gasteiger partial charge is 0.444 e. The Hall–Kier alpha value is -1.52. The zero-order valence-electron chi connectivity index (χ0n) is 15.9. The molecule has 1 unspecified atom stereocenters. The maximum absolute atomic E-state index is 12.4. The Bertz CT molecular complexity index is 623. The van der Waals surface area contributed by atoms with Crippen molar-refractivity contribution in [3.8, 4) is 0 Å². The molecule has 2 heterocycles. The third-order valence-electron chi connectivity index (χ3n) is 5.13. The molecule has 5 heteroatoms. The smallest absolute Gasteiger partial charge is 0.410 e. The van der Waals surface area contributed by atoms with Crippen LogP contribution in [0.5, 0.6) is 0 Å². The van der Waals surface area contributed by atoms with Crippen molar-refractivity contribution in [1.82, 2.24) is 14.7 Å². The number of likely N-dealkylation sites (tertiary alicyclic amines) is 1. The van der Waals surface area contributed by atoms with Crippen molar-refractivity contribution < 1.29 is 9.53 Å². The molecule has 1 aromatic heterocycles. The van der Waals surface area contributed by atoms with Gasteiger partial charge in [0.2, 0.25) is 0 Å². The number of nitrogens with zero attached hydrogens (tertiary/aromatic N) is 3. The molecule has 2 fully saturated rings. The molecule has 1 aliphatic heterocycles. The van der Waals surface area contributed by atoms with Crippen molar-refractivity contribution in [2.75, 3.05) is 13.1 Å². The minimum Gasteiger partial charge on any atom is -0.444 e. The fourth-order valence-electron chi connectivity index (χ4n) is 3.85. The molecule has 134 valence electrons. The molecule has 1 atom stereocenters. The van der Waals surface area contributed by atoms with Crippen LogP contribution in [0.1, 0.15) is 77.1 Å². The first-order valence-electron chi connectivity index (χ1n) is 9.10. The van der Waals surface area contributed by atoms with Gasteiger partial charge in [-0.05, 0) is 57.9 Å². The standard InChI is InChI=1S/C19H31N3O2/c1-13-11-20-22(14-7-8-14)16(13)15-9-10-21(12-19(15,5)6)17(23)24-18(2,3)4/h11,14-15H,7-10,12H2,1-6H3. The molecule has 0 bridgehead atoms. The first-order chi connectivity index (χ1) is 11.1. The number of hydrogen-bond acceptors (Lipinski definition) is 3. The molecular formula is C19H31N3O2. The zero-order valence-corrected chi connectivity index (χ0v) is 15.9. The minimum atomic E-state index is -0.445. The number of aryl methyl sites for hydroxylation is 1. The second-order valence-corrected chi connectivity index (χ2v) is 9.12. The minimum absolute atomic E-state index is 0.00654. The second-order valence-electron chi connectivity index (χ2n) is 9.12. The lowest BCUT2D eigenvalue weighted by Gasteiger charge is -2.44. The van der Waals surface area contributed by atoms with Gasteiger partial charge in [0.25, 0.3) is 0 Å². The lowest BCUT2D eigenvalue weighted by atomic mass is 9.71. The quantitative estimate of drug-likeness (QED) is 0.811. The number of carbonyl (C=O) groups is 1. The zero-order chi connectivity index (χ0) is 17.7. The van der Waals surface area contributed by atoms with Crippen molar-refractivity contribution in [3.05, 3.63) is 17.5 Å². The monoisotopic (exact) mass is 333 g/mol. The van der Waals surface area contributed by atoms with Crippen molar-refractivity contribution in [1.29, 1.82) is 0 Å². The molecule has 0 radical (unpaired) electrons. The van der Waals surface area contributed by atoms with Gasteiger partial charge in [0.1, 0.15) is 5.60 Å². The summed E-state index contributed by atoms with van der Waals surface area (Å²) in [7, 11) is 0. The molecule has 1 saturated carbocycles.